The number of hydrogen-bond acceptors (Lipinski definition) is 4. The highest BCUT2D eigenvalue weighted by molar-refractivity contribution is 6.00. The Balaban J connectivity index is 1.74. The molecule has 2 aromatic carbocycles. The Labute approximate surface area is 187 Å². The molecule has 2 aromatic heterocycles. The van der Waals surface area contributed by atoms with Crippen molar-refractivity contribution in [2.45, 2.75) is 32.6 Å². The maximum atomic E-state index is 11.9. The number of carboxylic acids is 1. The Bertz CT molecular complexity index is 1270. The summed E-state index contributed by atoms with van der Waals surface area (Å²) in [5, 5.41) is 15.6. The quantitative estimate of drug-likeness (QED) is 0.456. The lowest BCUT2D eigenvalue weighted by molar-refractivity contribution is 0.0691. The number of aromatic nitrogens is 3. The van der Waals surface area contributed by atoms with Crippen molar-refractivity contribution in [2.75, 3.05) is 18.0 Å². The molecule has 0 aliphatic carbocycles. The zero-order chi connectivity index (χ0) is 22.2. The summed E-state index contributed by atoms with van der Waals surface area (Å²) in [5.41, 5.74) is 5.38. The van der Waals surface area contributed by atoms with Crippen LogP contribution in [0.5, 0.6) is 0 Å². The van der Waals surface area contributed by atoms with Crippen molar-refractivity contribution >= 4 is 22.7 Å². The van der Waals surface area contributed by atoms with Gasteiger partial charge in [-0.3, -0.25) is 0 Å². The number of benzene rings is 2. The van der Waals surface area contributed by atoms with Gasteiger partial charge in [0, 0.05) is 18.8 Å². The number of anilines is 1. The van der Waals surface area contributed by atoms with Gasteiger partial charge in [-0.25, -0.2) is 14.5 Å². The first-order valence-corrected chi connectivity index (χ1v) is 11.1. The number of hydrogen-bond donors (Lipinski definition) is 1. The van der Waals surface area contributed by atoms with Crippen LogP contribution in [-0.4, -0.2) is 38.9 Å². The maximum Gasteiger partial charge on any atom is 0.354 e. The van der Waals surface area contributed by atoms with E-state index in [0.29, 0.717) is 5.65 Å². The molecule has 6 heteroatoms. The van der Waals surface area contributed by atoms with Crippen LogP contribution in [0.4, 0.5) is 5.69 Å². The molecule has 0 saturated carbocycles. The third-order valence-electron chi connectivity index (χ3n) is 6.08. The SMILES string of the molecule is CC(C)c1nn(-c2ccccc2)c2nc(C(=O)O)cc(-c3ccc(N4CCCC4)cc3)c12. The van der Waals surface area contributed by atoms with Gasteiger partial charge in [0.2, 0.25) is 0 Å². The molecule has 32 heavy (non-hydrogen) atoms. The van der Waals surface area contributed by atoms with Gasteiger partial charge in [-0.15, -0.1) is 0 Å². The van der Waals surface area contributed by atoms with Crippen molar-refractivity contribution in [1.29, 1.82) is 0 Å². The molecule has 0 amide bonds. The smallest absolute Gasteiger partial charge is 0.354 e. The first-order valence-electron chi connectivity index (χ1n) is 11.1. The molecule has 3 heterocycles. The number of rotatable bonds is 5. The number of aromatic carboxylic acids is 1. The topological polar surface area (TPSA) is 71.2 Å². The van der Waals surface area contributed by atoms with Gasteiger partial charge in [0.15, 0.2) is 11.3 Å². The molecule has 1 aliphatic heterocycles. The van der Waals surface area contributed by atoms with E-state index < -0.39 is 5.97 Å². The highest BCUT2D eigenvalue weighted by atomic mass is 16.4. The highest BCUT2D eigenvalue weighted by Crippen LogP contribution is 2.36. The van der Waals surface area contributed by atoms with Crippen molar-refractivity contribution in [3.8, 4) is 16.8 Å². The summed E-state index contributed by atoms with van der Waals surface area (Å²) in [5.74, 6) is -0.892. The van der Waals surface area contributed by atoms with Gasteiger partial charge in [-0.2, -0.15) is 5.10 Å². The molecule has 1 fully saturated rings. The zero-order valence-corrected chi connectivity index (χ0v) is 18.3. The number of carboxylic acid groups (broad SMARTS) is 1. The van der Waals surface area contributed by atoms with Crippen LogP contribution in [0.15, 0.2) is 60.7 Å². The second-order valence-corrected chi connectivity index (χ2v) is 8.59. The standard InChI is InChI=1S/C26H26N4O2/c1-17(2)24-23-21(18-10-12-19(13-11-18)29-14-6-7-15-29)16-22(26(31)32)27-25(23)30(28-24)20-8-4-3-5-9-20/h3-5,8-13,16-17H,6-7,14-15H2,1-2H3,(H,31,32). The van der Waals surface area contributed by atoms with Gasteiger partial charge in [0.05, 0.1) is 16.8 Å². The number of nitrogens with zero attached hydrogens (tertiary/aromatic N) is 4. The average Bonchev–Trinajstić information content (AvgIpc) is 3.48. The molecule has 6 nitrogen and oxygen atoms in total. The summed E-state index contributed by atoms with van der Waals surface area (Å²) in [7, 11) is 0. The molecular formula is C26H26N4O2. The predicted molar refractivity (Wildman–Crippen MR) is 127 cm³/mol. The van der Waals surface area contributed by atoms with Gasteiger partial charge >= 0.3 is 5.97 Å². The summed E-state index contributed by atoms with van der Waals surface area (Å²) >= 11 is 0. The zero-order valence-electron chi connectivity index (χ0n) is 18.3. The molecule has 4 aromatic rings. The summed E-state index contributed by atoms with van der Waals surface area (Å²) in [6.45, 7) is 6.37. The average molecular weight is 427 g/mol. The van der Waals surface area contributed by atoms with Crippen LogP contribution in [-0.2, 0) is 0 Å². The monoisotopic (exact) mass is 426 g/mol. The van der Waals surface area contributed by atoms with E-state index in [0.717, 1.165) is 41.0 Å². The molecule has 0 spiro atoms. The lowest BCUT2D eigenvalue weighted by Crippen LogP contribution is -2.17. The van der Waals surface area contributed by atoms with E-state index in [4.69, 9.17) is 5.10 Å². The van der Waals surface area contributed by atoms with Gasteiger partial charge in [0.1, 0.15) is 0 Å². The van der Waals surface area contributed by atoms with E-state index >= 15 is 0 Å². The third-order valence-corrected chi connectivity index (χ3v) is 6.08. The molecule has 0 bridgehead atoms. The van der Waals surface area contributed by atoms with Crippen LogP contribution in [0.3, 0.4) is 0 Å². The molecule has 162 valence electrons. The Morgan fingerprint density at radius 3 is 2.28 bits per heavy atom. The first kappa shape index (κ1) is 20.2. The maximum absolute atomic E-state index is 11.9. The normalized spacial score (nSPS) is 13.9. The molecule has 5 rings (SSSR count). The summed E-state index contributed by atoms with van der Waals surface area (Å²) < 4.78 is 1.76. The van der Waals surface area contributed by atoms with Crippen LogP contribution >= 0.6 is 0 Å². The van der Waals surface area contributed by atoms with E-state index in [1.54, 1.807) is 10.7 Å². The van der Waals surface area contributed by atoms with Gasteiger partial charge in [-0.1, -0.05) is 44.2 Å². The minimum absolute atomic E-state index is 0.0171. The minimum Gasteiger partial charge on any atom is -0.477 e. The van der Waals surface area contributed by atoms with E-state index in [-0.39, 0.29) is 11.6 Å². The van der Waals surface area contributed by atoms with Gasteiger partial charge in [-0.05, 0) is 60.2 Å². The molecule has 1 N–H and O–H groups in total. The highest BCUT2D eigenvalue weighted by Gasteiger charge is 2.23. The summed E-state index contributed by atoms with van der Waals surface area (Å²) in [6.07, 6.45) is 2.45. The van der Waals surface area contributed by atoms with E-state index in [2.05, 4.69) is 48.0 Å². The van der Waals surface area contributed by atoms with E-state index in [1.807, 2.05) is 30.3 Å². The fourth-order valence-corrected chi connectivity index (χ4v) is 4.46. The molecule has 0 unspecified atom stereocenters. The first-order chi connectivity index (χ1) is 15.5. The van der Waals surface area contributed by atoms with E-state index in [1.165, 1.54) is 18.5 Å². The Hall–Kier alpha value is -3.67. The van der Waals surface area contributed by atoms with Crippen LogP contribution in [0, 0.1) is 0 Å². The molecule has 0 atom stereocenters. The van der Waals surface area contributed by atoms with Gasteiger partial charge < -0.3 is 10.0 Å². The Kier molecular flexibility index (Phi) is 5.13. The third kappa shape index (κ3) is 3.51. The minimum atomic E-state index is -1.05. The number of carbonyl (C=O) groups is 1. The molecule has 0 radical (unpaired) electrons. The number of para-hydroxylation sites is 1. The molecular weight excluding hydrogens is 400 g/mol. The van der Waals surface area contributed by atoms with Crippen LogP contribution < -0.4 is 4.90 Å². The summed E-state index contributed by atoms with van der Waals surface area (Å²) in [4.78, 5) is 18.8. The van der Waals surface area contributed by atoms with Crippen molar-refractivity contribution < 1.29 is 9.90 Å². The largest absolute Gasteiger partial charge is 0.477 e. The Morgan fingerprint density at radius 2 is 1.66 bits per heavy atom. The predicted octanol–water partition coefficient (Wildman–Crippen LogP) is 5.51. The lowest BCUT2D eigenvalue weighted by atomic mass is 9.97. The second-order valence-electron chi connectivity index (χ2n) is 8.59. The lowest BCUT2D eigenvalue weighted by Gasteiger charge is -2.18. The molecule has 1 saturated heterocycles. The van der Waals surface area contributed by atoms with Crippen molar-refractivity contribution in [1.82, 2.24) is 14.8 Å². The van der Waals surface area contributed by atoms with Crippen molar-refractivity contribution in [3.05, 3.63) is 72.1 Å². The van der Waals surface area contributed by atoms with Gasteiger partial charge in [0.25, 0.3) is 0 Å². The number of pyridine rings is 1. The molecule has 1 aliphatic rings. The summed E-state index contributed by atoms with van der Waals surface area (Å²) in [6, 6.07) is 19.8. The number of fused-ring (bicyclic) bond motifs is 1. The van der Waals surface area contributed by atoms with Crippen LogP contribution in [0.1, 0.15) is 48.8 Å². The van der Waals surface area contributed by atoms with Crippen LogP contribution in [0.2, 0.25) is 0 Å². The van der Waals surface area contributed by atoms with E-state index in [9.17, 15) is 9.90 Å². The second kappa shape index (κ2) is 8.11. The van der Waals surface area contributed by atoms with Crippen molar-refractivity contribution in [2.24, 2.45) is 0 Å². The Morgan fingerprint density at radius 1 is 0.969 bits per heavy atom. The fourth-order valence-electron chi connectivity index (χ4n) is 4.46. The van der Waals surface area contributed by atoms with Crippen molar-refractivity contribution in [3.63, 3.8) is 0 Å². The van der Waals surface area contributed by atoms with Crippen LogP contribution in [0.25, 0.3) is 27.8 Å². The fraction of sp³-hybridized carbons (Fsp3) is 0.269.